The van der Waals surface area contributed by atoms with Crippen LogP contribution in [0.2, 0.25) is 0 Å². The molecular formula is C25H19N5O3S. The lowest BCUT2D eigenvalue weighted by molar-refractivity contribution is 0.102. The van der Waals surface area contributed by atoms with Gasteiger partial charge in [0, 0.05) is 10.3 Å². The van der Waals surface area contributed by atoms with E-state index in [-0.39, 0.29) is 11.3 Å². The molecule has 4 aromatic carbocycles. The van der Waals surface area contributed by atoms with E-state index in [1.807, 2.05) is 54.6 Å². The van der Waals surface area contributed by atoms with Gasteiger partial charge in [-0.05, 0) is 57.9 Å². The number of phenols is 1. The fourth-order valence-electron chi connectivity index (χ4n) is 3.59. The second-order valence-electron chi connectivity index (χ2n) is 7.28. The summed E-state index contributed by atoms with van der Waals surface area (Å²) in [5, 5.41) is 27.7. The molecule has 1 aromatic heterocycles. The number of phenolic OH excluding ortho intramolecular Hbond substituents is 1. The molecule has 0 radical (unpaired) electrons. The molecule has 1 amide bonds. The lowest BCUT2D eigenvalue weighted by atomic mass is 10.0. The van der Waals surface area contributed by atoms with Crippen LogP contribution < -0.4 is 10.1 Å². The van der Waals surface area contributed by atoms with Gasteiger partial charge in [0.05, 0.1) is 24.0 Å². The molecule has 1 heterocycles. The summed E-state index contributed by atoms with van der Waals surface area (Å²) in [6.45, 7) is 0. The van der Waals surface area contributed by atoms with E-state index in [0.29, 0.717) is 22.0 Å². The molecule has 0 aliphatic rings. The molecule has 0 bridgehead atoms. The number of fused-ring (bicyclic) bond motifs is 1. The lowest BCUT2D eigenvalue weighted by Crippen LogP contribution is -2.13. The lowest BCUT2D eigenvalue weighted by Gasteiger charge is -2.14. The van der Waals surface area contributed by atoms with Crippen molar-refractivity contribution in [3.8, 4) is 17.2 Å². The summed E-state index contributed by atoms with van der Waals surface area (Å²) >= 11 is 1.31. The SMILES string of the molecule is COc1ccccc1NC(=O)c1cc(Sc2nnnn2-c2ccccc2)c2ccccc2c1O. The summed E-state index contributed by atoms with van der Waals surface area (Å²) < 4.78 is 6.95. The molecule has 2 N–H and O–H groups in total. The summed E-state index contributed by atoms with van der Waals surface area (Å²) in [6, 6.07) is 25.6. The van der Waals surface area contributed by atoms with E-state index < -0.39 is 5.91 Å². The van der Waals surface area contributed by atoms with E-state index in [4.69, 9.17) is 4.74 Å². The second kappa shape index (κ2) is 9.24. The molecule has 0 saturated heterocycles. The topological polar surface area (TPSA) is 102 Å². The number of carbonyl (C=O) groups is 1. The van der Waals surface area contributed by atoms with Crippen LogP contribution in [0, 0.1) is 0 Å². The first-order valence-electron chi connectivity index (χ1n) is 10.4. The zero-order valence-electron chi connectivity index (χ0n) is 18.0. The Bertz CT molecular complexity index is 1490. The minimum atomic E-state index is -0.461. The van der Waals surface area contributed by atoms with Crippen molar-refractivity contribution >= 4 is 34.1 Å². The van der Waals surface area contributed by atoms with E-state index in [1.54, 1.807) is 35.0 Å². The third-order valence-electron chi connectivity index (χ3n) is 5.22. The van der Waals surface area contributed by atoms with Crippen LogP contribution in [-0.2, 0) is 0 Å². The summed E-state index contributed by atoms with van der Waals surface area (Å²) in [5.41, 5.74) is 1.45. The number of nitrogens with zero attached hydrogens (tertiary/aromatic N) is 4. The molecule has 0 fully saturated rings. The van der Waals surface area contributed by atoms with Crippen molar-refractivity contribution in [1.82, 2.24) is 20.2 Å². The van der Waals surface area contributed by atoms with Gasteiger partial charge in [0.15, 0.2) is 0 Å². The maximum absolute atomic E-state index is 13.2. The second-order valence-corrected chi connectivity index (χ2v) is 8.29. The maximum Gasteiger partial charge on any atom is 0.259 e. The highest BCUT2D eigenvalue weighted by molar-refractivity contribution is 7.99. The quantitative estimate of drug-likeness (QED) is 0.363. The highest BCUT2D eigenvalue weighted by atomic mass is 32.2. The number of hydrogen-bond acceptors (Lipinski definition) is 7. The van der Waals surface area contributed by atoms with Crippen LogP contribution >= 0.6 is 11.8 Å². The molecule has 0 unspecified atom stereocenters. The van der Waals surface area contributed by atoms with Gasteiger partial charge in [-0.3, -0.25) is 4.79 Å². The van der Waals surface area contributed by atoms with Crippen LogP contribution in [0.25, 0.3) is 16.5 Å². The third-order valence-corrected chi connectivity index (χ3v) is 6.22. The van der Waals surface area contributed by atoms with Crippen molar-refractivity contribution < 1.29 is 14.6 Å². The number of anilines is 1. The molecule has 168 valence electrons. The number of ether oxygens (including phenoxy) is 1. The zero-order chi connectivity index (χ0) is 23.5. The number of carbonyl (C=O) groups excluding carboxylic acids is 1. The van der Waals surface area contributed by atoms with Crippen molar-refractivity contribution in [1.29, 1.82) is 0 Å². The smallest absolute Gasteiger partial charge is 0.259 e. The van der Waals surface area contributed by atoms with Gasteiger partial charge in [0.25, 0.3) is 5.91 Å². The van der Waals surface area contributed by atoms with Crippen molar-refractivity contribution in [3.63, 3.8) is 0 Å². The predicted octanol–water partition coefficient (Wildman–Crippen LogP) is 4.93. The summed E-state index contributed by atoms with van der Waals surface area (Å²) in [6.07, 6.45) is 0. The van der Waals surface area contributed by atoms with Gasteiger partial charge in [0.2, 0.25) is 5.16 Å². The maximum atomic E-state index is 13.2. The average Bonchev–Trinajstić information content (AvgIpc) is 3.34. The predicted molar refractivity (Wildman–Crippen MR) is 130 cm³/mol. The number of nitrogens with one attached hydrogen (secondary N) is 1. The number of amides is 1. The zero-order valence-corrected chi connectivity index (χ0v) is 18.9. The molecule has 9 heteroatoms. The minimum Gasteiger partial charge on any atom is -0.506 e. The Balaban J connectivity index is 1.57. The minimum absolute atomic E-state index is 0.102. The van der Waals surface area contributed by atoms with Gasteiger partial charge in [-0.2, -0.15) is 4.68 Å². The highest BCUT2D eigenvalue weighted by Crippen LogP contribution is 2.39. The fourth-order valence-corrected chi connectivity index (χ4v) is 4.56. The van der Waals surface area contributed by atoms with Crippen LogP contribution in [0.1, 0.15) is 10.4 Å². The molecule has 0 aliphatic heterocycles. The Hall–Kier alpha value is -4.37. The molecule has 0 spiro atoms. The number of methoxy groups -OCH3 is 1. The third kappa shape index (κ3) is 4.04. The van der Waals surface area contributed by atoms with E-state index >= 15 is 0 Å². The molecule has 34 heavy (non-hydrogen) atoms. The normalized spacial score (nSPS) is 10.9. The van der Waals surface area contributed by atoms with Gasteiger partial charge in [-0.15, -0.1) is 5.10 Å². The van der Waals surface area contributed by atoms with E-state index in [1.165, 1.54) is 18.9 Å². The van der Waals surface area contributed by atoms with E-state index in [0.717, 1.165) is 16.0 Å². The van der Waals surface area contributed by atoms with Gasteiger partial charge >= 0.3 is 0 Å². The molecule has 0 aliphatic carbocycles. The molecule has 0 saturated carbocycles. The molecule has 8 nitrogen and oxygen atoms in total. The van der Waals surface area contributed by atoms with Crippen molar-refractivity contribution in [2.75, 3.05) is 12.4 Å². The van der Waals surface area contributed by atoms with Gasteiger partial charge in [-0.1, -0.05) is 54.6 Å². The van der Waals surface area contributed by atoms with Crippen LogP contribution in [-0.4, -0.2) is 38.3 Å². The van der Waals surface area contributed by atoms with Gasteiger partial charge < -0.3 is 15.2 Å². The fraction of sp³-hybridized carbons (Fsp3) is 0.0400. The number of hydrogen-bond donors (Lipinski definition) is 2. The number of benzene rings is 4. The van der Waals surface area contributed by atoms with Crippen LogP contribution in [0.15, 0.2) is 95.0 Å². The first-order chi connectivity index (χ1) is 16.7. The number of aromatic nitrogens is 4. The van der Waals surface area contributed by atoms with Gasteiger partial charge in [-0.25, -0.2) is 0 Å². The summed E-state index contributed by atoms with van der Waals surface area (Å²) in [7, 11) is 1.53. The van der Waals surface area contributed by atoms with Crippen molar-refractivity contribution in [2.24, 2.45) is 0 Å². The number of para-hydroxylation sites is 3. The highest BCUT2D eigenvalue weighted by Gasteiger charge is 2.20. The molecular weight excluding hydrogens is 450 g/mol. The monoisotopic (exact) mass is 469 g/mol. The Morgan fingerprint density at radius 1 is 0.971 bits per heavy atom. The Labute approximate surface area is 199 Å². The van der Waals surface area contributed by atoms with E-state index in [2.05, 4.69) is 20.8 Å². The Morgan fingerprint density at radius 3 is 2.47 bits per heavy atom. The molecule has 0 atom stereocenters. The molecule has 5 aromatic rings. The Kier molecular flexibility index (Phi) is 5.84. The van der Waals surface area contributed by atoms with Crippen molar-refractivity contribution in [2.45, 2.75) is 10.1 Å². The average molecular weight is 470 g/mol. The number of aromatic hydroxyl groups is 1. The van der Waals surface area contributed by atoms with Crippen LogP contribution in [0.4, 0.5) is 5.69 Å². The first kappa shape index (κ1) is 21.5. The number of rotatable bonds is 6. The number of tetrazole rings is 1. The summed E-state index contributed by atoms with van der Waals surface area (Å²) in [5.74, 6) is -0.0416. The Morgan fingerprint density at radius 2 is 1.68 bits per heavy atom. The first-order valence-corrected chi connectivity index (χ1v) is 11.2. The standard InChI is InChI=1S/C25H19N5O3S/c1-33-21-14-8-7-13-20(21)26-24(32)19-15-22(17-11-5-6-12-18(17)23(19)31)34-25-27-28-29-30(25)16-9-3-2-4-10-16/h2-15,31H,1H3,(H,26,32). The van der Waals surface area contributed by atoms with E-state index in [9.17, 15) is 9.90 Å². The largest absolute Gasteiger partial charge is 0.506 e. The van der Waals surface area contributed by atoms with Gasteiger partial charge in [0.1, 0.15) is 11.5 Å². The van der Waals surface area contributed by atoms with Crippen LogP contribution in [0.3, 0.4) is 0 Å². The summed E-state index contributed by atoms with van der Waals surface area (Å²) in [4.78, 5) is 13.9. The molecule has 5 rings (SSSR count). The van der Waals surface area contributed by atoms with Crippen molar-refractivity contribution in [3.05, 3.63) is 90.5 Å². The van der Waals surface area contributed by atoms with Crippen LogP contribution in [0.5, 0.6) is 11.5 Å².